The molecule has 0 saturated heterocycles. The quantitative estimate of drug-likeness (QED) is 0.784. The van der Waals surface area contributed by atoms with E-state index in [0.29, 0.717) is 5.69 Å². The summed E-state index contributed by atoms with van der Waals surface area (Å²) in [5.74, 6) is -0.525. The van der Waals surface area contributed by atoms with Gasteiger partial charge in [0.1, 0.15) is 5.82 Å². The second kappa shape index (κ2) is 8.62. The Morgan fingerprint density at radius 1 is 1.09 bits per heavy atom. The molecule has 6 heteroatoms. The number of benzene rings is 1. The van der Waals surface area contributed by atoms with Gasteiger partial charge in [-0.3, -0.25) is 9.59 Å². The van der Waals surface area contributed by atoms with E-state index >= 15 is 0 Å². The normalized spacial score (nSPS) is 12.3. The molecule has 0 fully saturated rings. The van der Waals surface area contributed by atoms with Crippen molar-refractivity contribution in [1.82, 2.24) is 4.90 Å². The fourth-order valence-corrected chi connectivity index (χ4v) is 2.60. The number of nitrogens with zero attached hydrogens (tertiary/aromatic N) is 1. The fraction of sp³-hybridized carbons (Fsp3) is 0.529. The van der Waals surface area contributed by atoms with Crippen molar-refractivity contribution in [2.24, 2.45) is 0 Å². The zero-order valence-corrected chi connectivity index (χ0v) is 14.5. The third kappa shape index (κ3) is 6.36. The Kier molecular flexibility index (Phi) is 7.16. The molecule has 0 aromatic heterocycles. The van der Waals surface area contributed by atoms with Crippen molar-refractivity contribution in [3.8, 4) is 0 Å². The van der Waals surface area contributed by atoms with E-state index in [1.165, 1.54) is 24.3 Å². The van der Waals surface area contributed by atoms with Gasteiger partial charge in [-0.15, -0.1) is 0 Å². The molecular weight excluding hydrogens is 297 g/mol. The molecular formula is C17H27FN3O2+. The molecule has 0 aliphatic rings. The molecule has 23 heavy (non-hydrogen) atoms. The topological polar surface area (TPSA) is 53.9 Å². The van der Waals surface area contributed by atoms with Crippen LogP contribution in [0.2, 0.25) is 0 Å². The summed E-state index contributed by atoms with van der Waals surface area (Å²) in [6, 6.07) is 5.85. The summed E-state index contributed by atoms with van der Waals surface area (Å²) < 4.78 is 12.8. The minimum Gasteiger partial charge on any atom is -0.333 e. The molecule has 0 aliphatic heterocycles. The minimum absolute atomic E-state index is 0.0297. The molecule has 0 bridgehead atoms. The van der Waals surface area contributed by atoms with Crippen LogP contribution >= 0.6 is 0 Å². The highest BCUT2D eigenvalue weighted by Crippen LogP contribution is 2.07. The molecule has 0 spiro atoms. The molecule has 1 rings (SSSR count). The number of nitrogens with one attached hydrogen (secondary N) is 2. The van der Waals surface area contributed by atoms with Gasteiger partial charge >= 0.3 is 0 Å². The number of rotatable bonds is 7. The lowest BCUT2D eigenvalue weighted by atomic mass is 10.2. The minimum atomic E-state index is -0.348. The van der Waals surface area contributed by atoms with Crippen molar-refractivity contribution >= 4 is 17.5 Å². The van der Waals surface area contributed by atoms with Crippen LogP contribution in [0.5, 0.6) is 0 Å². The average molecular weight is 324 g/mol. The number of amides is 2. The average Bonchev–Trinajstić information content (AvgIpc) is 2.39. The number of carbonyl (C=O) groups is 2. The smallest absolute Gasteiger partial charge is 0.279 e. The maximum atomic E-state index is 12.8. The molecule has 5 nitrogen and oxygen atoms in total. The number of anilines is 1. The molecule has 0 aliphatic carbocycles. The van der Waals surface area contributed by atoms with E-state index in [1.54, 1.807) is 7.05 Å². The van der Waals surface area contributed by atoms with Gasteiger partial charge in [0, 0.05) is 17.8 Å². The Bertz CT molecular complexity index is 521. The van der Waals surface area contributed by atoms with Crippen molar-refractivity contribution in [3.05, 3.63) is 30.1 Å². The Morgan fingerprint density at radius 3 is 2.09 bits per heavy atom. The SMILES string of the molecule is CC(C)N(C(=O)C[NH+](C)CC(=O)Nc1ccc(F)cc1)C(C)C. The van der Waals surface area contributed by atoms with E-state index in [2.05, 4.69) is 5.32 Å². The van der Waals surface area contributed by atoms with E-state index in [4.69, 9.17) is 0 Å². The Morgan fingerprint density at radius 2 is 1.61 bits per heavy atom. The van der Waals surface area contributed by atoms with Gasteiger partial charge in [-0.25, -0.2) is 4.39 Å². The first-order chi connectivity index (χ1) is 10.7. The van der Waals surface area contributed by atoms with Gasteiger partial charge in [-0.05, 0) is 52.0 Å². The monoisotopic (exact) mass is 324 g/mol. The number of halogens is 1. The third-order valence-electron chi connectivity index (χ3n) is 3.44. The Labute approximate surface area is 137 Å². The molecule has 128 valence electrons. The highest BCUT2D eigenvalue weighted by atomic mass is 19.1. The molecule has 0 radical (unpaired) electrons. The van der Waals surface area contributed by atoms with E-state index in [9.17, 15) is 14.0 Å². The molecule has 1 aromatic carbocycles. The first-order valence-corrected chi connectivity index (χ1v) is 7.88. The summed E-state index contributed by atoms with van der Waals surface area (Å²) >= 11 is 0. The lowest BCUT2D eigenvalue weighted by Gasteiger charge is -2.31. The third-order valence-corrected chi connectivity index (χ3v) is 3.44. The van der Waals surface area contributed by atoms with E-state index in [0.717, 1.165) is 4.90 Å². The second-order valence-electron chi connectivity index (χ2n) is 6.35. The molecule has 0 heterocycles. The van der Waals surface area contributed by atoms with Crippen LogP contribution in [0.1, 0.15) is 27.7 Å². The highest BCUT2D eigenvalue weighted by Gasteiger charge is 2.23. The van der Waals surface area contributed by atoms with Crippen molar-refractivity contribution in [1.29, 1.82) is 0 Å². The van der Waals surface area contributed by atoms with Gasteiger partial charge in [0.15, 0.2) is 13.1 Å². The summed E-state index contributed by atoms with van der Waals surface area (Å²) in [4.78, 5) is 26.9. The van der Waals surface area contributed by atoms with Gasteiger partial charge < -0.3 is 15.1 Å². The van der Waals surface area contributed by atoms with Crippen molar-refractivity contribution in [2.45, 2.75) is 39.8 Å². The highest BCUT2D eigenvalue weighted by molar-refractivity contribution is 5.91. The molecule has 1 atom stereocenters. The molecule has 2 amide bonds. The lowest BCUT2D eigenvalue weighted by molar-refractivity contribution is -0.862. The first-order valence-electron chi connectivity index (χ1n) is 7.88. The van der Waals surface area contributed by atoms with Gasteiger partial charge in [0.05, 0.1) is 7.05 Å². The van der Waals surface area contributed by atoms with Crippen molar-refractivity contribution in [2.75, 3.05) is 25.5 Å². The predicted molar refractivity (Wildman–Crippen MR) is 88.8 cm³/mol. The fourth-order valence-electron chi connectivity index (χ4n) is 2.60. The molecule has 0 saturated carbocycles. The molecule has 1 unspecified atom stereocenters. The number of hydrogen-bond donors (Lipinski definition) is 2. The van der Waals surface area contributed by atoms with Crippen LogP contribution in [0, 0.1) is 5.82 Å². The van der Waals surface area contributed by atoms with Crippen LogP contribution in [-0.4, -0.2) is 48.9 Å². The number of likely N-dealkylation sites (N-methyl/N-ethyl adjacent to an activating group) is 1. The molecule has 1 aromatic rings. The summed E-state index contributed by atoms with van der Waals surface area (Å²) in [7, 11) is 1.81. The van der Waals surface area contributed by atoms with Gasteiger partial charge in [-0.2, -0.15) is 0 Å². The van der Waals surface area contributed by atoms with Crippen LogP contribution < -0.4 is 10.2 Å². The molecule has 2 N–H and O–H groups in total. The maximum absolute atomic E-state index is 12.8. The van der Waals surface area contributed by atoms with E-state index in [1.807, 2.05) is 32.6 Å². The summed E-state index contributed by atoms with van der Waals surface area (Å²) in [6.07, 6.45) is 0. The Balaban J connectivity index is 2.51. The van der Waals surface area contributed by atoms with Gasteiger partial charge in [0.2, 0.25) is 0 Å². The second-order valence-corrected chi connectivity index (χ2v) is 6.35. The Hall–Kier alpha value is -1.95. The van der Waals surface area contributed by atoms with E-state index in [-0.39, 0.29) is 42.8 Å². The number of hydrogen-bond acceptors (Lipinski definition) is 2. The van der Waals surface area contributed by atoms with Crippen LogP contribution in [-0.2, 0) is 9.59 Å². The summed E-state index contributed by atoms with van der Waals surface area (Å²) in [5.41, 5.74) is 0.543. The van der Waals surface area contributed by atoms with Crippen LogP contribution in [0.3, 0.4) is 0 Å². The standard InChI is InChI=1S/C17H26FN3O2/c1-12(2)21(13(3)4)17(23)11-20(5)10-16(22)19-15-8-6-14(18)7-9-15/h6-9,12-13H,10-11H2,1-5H3,(H,19,22)/p+1. The van der Waals surface area contributed by atoms with Gasteiger partial charge in [0.25, 0.3) is 11.8 Å². The lowest BCUT2D eigenvalue weighted by Crippen LogP contribution is -3.11. The van der Waals surface area contributed by atoms with Crippen molar-refractivity contribution < 1.29 is 18.9 Å². The van der Waals surface area contributed by atoms with Crippen molar-refractivity contribution in [3.63, 3.8) is 0 Å². The summed E-state index contributed by atoms with van der Waals surface area (Å²) in [5, 5.41) is 2.70. The summed E-state index contributed by atoms with van der Waals surface area (Å²) in [6.45, 7) is 8.35. The zero-order valence-electron chi connectivity index (χ0n) is 14.5. The number of carbonyl (C=O) groups excluding carboxylic acids is 2. The zero-order chi connectivity index (χ0) is 17.6. The largest absolute Gasteiger partial charge is 0.333 e. The van der Waals surface area contributed by atoms with Crippen LogP contribution in [0.25, 0.3) is 0 Å². The van der Waals surface area contributed by atoms with Crippen LogP contribution in [0.15, 0.2) is 24.3 Å². The van der Waals surface area contributed by atoms with E-state index < -0.39 is 0 Å². The van der Waals surface area contributed by atoms with Crippen LogP contribution in [0.4, 0.5) is 10.1 Å². The maximum Gasteiger partial charge on any atom is 0.279 e. The first kappa shape index (κ1) is 19.1. The number of quaternary nitrogens is 1. The predicted octanol–water partition coefficient (Wildman–Crippen LogP) is 0.924. The van der Waals surface area contributed by atoms with Gasteiger partial charge in [-0.1, -0.05) is 0 Å².